The number of nitrogens with zero attached hydrogens (tertiary/aromatic N) is 2. The lowest BCUT2D eigenvalue weighted by atomic mass is 10.1. The zero-order valence-corrected chi connectivity index (χ0v) is 49.6. The standard InChI is InChI=1S/C72H84N8O6/c1-7-19-67-61(13-1)43-73-25-31-79-32-26-74-44-62-14-2-8-20-68(62)82-50-56-37-55(49-81-67)39-59(40-56)53-85-71-23-11-5-18-66(71)48-78-30-36-80-33-27-75-45-63-15-3-9-21-69(63)83-51-57-38-58(52-84-70-22-10-4-16-64(70)46-76-28-34-80)42-60(41-57)54-86-72-24-12-6-17-65(72)47-77-29-35-79/h1-24,37-42,73-78H,25-36,43-54H2. The van der Waals surface area contributed by atoms with E-state index in [9.17, 15) is 0 Å². The second-order valence-electron chi connectivity index (χ2n) is 22.4. The minimum atomic E-state index is 0.393. The SMILES string of the molecule is c1ccc2c(c1)CNCCN1CCNCc3ccccc3OCc3cc(cc(c3)COc3ccccc3CNCCN3CCNCc4ccccc4OCc4cc(cc(c4)COc4ccccc4CNCC1)COc1ccccc1CNCC3)CO2. The van der Waals surface area contributed by atoms with Gasteiger partial charge in [0.2, 0.25) is 0 Å². The summed E-state index contributed by atoms with van der Waals surface area (Å²) in [6, 6.07) is 63.4. The van der Waals surface area contributed by atoms with Crippen LogP contribution >= 0.6 is 0 Å². The number of ether oxygens (including phenoxy) is 6. The molecule has 0 aliphatic carbocycles. The van der Waals surface area contributed by atoms with Crippen molar-refractivity contribution in [3.8, 4) is 34.5 Å². The van der Waals surface area contributed by atoms with Gasteiger partial charge < -0.3 is 60.3 Å². The average molecular weight is 1160 g/mol. The smallest absolute Gasteiger partial charge is 0.124 e. The molecule has 86 heavy (non-hydrogen) atoms. The van der Waals surface area contributed by atoms with Crippen molar-refractivity contribution in [2.75, 3.05) is 78.5 Å². The topological polar surface area (TPSA) is 134 Å². The minimum Gasteiger partial charge on any atom is -0.489 e. The fourth-order valence-electron chi connectivity index (χ4n) is 11.3. The molecule has 0 atom stereocenters. The molecule has 0 radical (unpaired) electrons. The zero-order chi connectivity index (χ0) is 58.2. The Kier molecular flexibility index (Phi) is 22.4. The van der Waals surface area contributed by atoms with Gasteiger partial charge in [0.05, 0.1) is 0 Å². The summed E-state index contributed by atoms with van der Waals surface area (Å²) in [6.07, 6.45) is 0. The first kappa shape index (κ1) is 59.9. The molecule has 0 spiro atoms. The van der Waals surface area contributed by atoms with Crippen molar-refractivity contribution in [3.05, 3.63) is 249 Å². The Morgan fingerprint density at radius 3 is 0.558 bits per heavy atom. The molecule has 4 aliphatic heterocycles. The monoisotopic (exact) mass is 1160 g/mol. The Morgan fingerprint density at radius 2 is 0.384 bits per heavy atom. The van der Waals surface area contributed by atoms with Crippen LogP contribution in [0.2, 0.25) is 0 Å². The fourth-order valence-corrected chi connectivity index (χ4v) is 11.3. The molecule has 8 bridgehead atoms. The predicted octanol–water partition coefficient (Wildman–Crippen LogP) is 10.0. The molecule has 6 N–H and O–H groups in total. The maximum absolute atomic E-state index is 6.72. The normalized spacial score (nSPS) is 17.3. The zero-order valence-electron chi connectivity index (χ0n) is 49.6. The molecule has 8 aromatic rings. The highest BCUT2D eigenvalue weighted by molar-refractivity contribution is 5.40. The van der Waals surface area contributed by atoms with Crippen LogP contribution in [0.25, 0.3) is 0 Å². The Labute approximate surface area is 508 Å². The lowest BCUT2D eigenvalue weighted by Crippen LogP contribution is -2.40. The van der Waals surface area contributed by atoms with E-state index in [2.05, 4.69) is 187 Å². The highest BCUT2D eigenvalue weighted by atomic mass is 16.5. The quantitative estimate of drug-likeness (QED) is 0.0861. The Morgan fingerprint density at radius 1 is 0.221 bits per heavy atom. The number of nitrogens with one attached hydrogen (secondary N) is 6. The van der Waals surface area contributed by atoms with Gasteiger partial charge in [0, 0.05) is 151 Å². The number of benzene rings is 8. The third-order valence-corrected chi connectivity index (χ3v) is 15.9. The second kappa shape index (κ2) is 32.1. The summed E-state index contributed by atoms with van der Waals surface area (Å²) in [4.78, 5) is 5.05. The molecule has 14 heteroatoms. The van der Waals surface area contributed by atoms with Gasteiger partial charge in [0.1, 0.15) is 74.1 Å². The van der Waals surface area contributed by atoms with Crippen molar-refractivity contribution in [2.24, 2.45) is 0 Å². The maximum atomic E-state index is 6.72. The van der Waals surface area contributed by atoms with Crippen molar-refractivity contribution in [2.45, 2.75) is 78.9 Å². The number of rotatable bonds is 0. The van der Waals surface area contributed by atoms with Crippen molar-refractivity contribution in [3.63, 3.8) is 0 Å². The first-order chi connectivity index (χ1) is 42.6. The summed E-state index contributed by atoms with van der Waals surface area (Å²) in [5.74, 6) is 5.20. The molecule has 8 aromatic carbocycles. The first-order valence-electron chi connectivity index (χ1n) is 30.8. The maximum Gasteiger partial charge on any atom is 0.124 e. The Hall–Kier alpha value is -7.76. The van der Waals surface area contributed by atoms with Crippen LogP contribution in [0.15, 0.2) is 182 Å². The van der Waals surface area contributed by atoms with Crippen LogP contribution in [-0.4, -0.2) is 88.3 Å². The van der Waals surface area contributed by atoms with Crippen molar-refractivity contribution in [1.82, 2.24) is 41.7 Å². The molecular formula is C72H84N8O6. The van der Waals surface area contributed by atoms with E-state index in [1.165, 1.54) is 0 Å². The van der Waals surface area contributed by atoms with E-state index in [1.807, 2.05) is 36.4 Å². The highest BCUT2D eigenvalue weighted by Crippen LogP contribution is 2.28. The number of para-hydroxylation sites is 6. The van der Waals surface area contributed by atoms with Gasteiger partial charge >= 0.3 is 0 Å². The van der Waals surface area contributed by atoms with Crippen molar-refractivity contribution >= 4 is 0 Å². The van der Waals surface area contributed by atoms with E-state index in [0.29, 0.717) is 78.9 Å². The summed E-state index contributed by atoms with van der Waals surface area (Å²) >= 11 is 0. The van der Waals surface area contributed by atoms with E-state index in [-0.39, 0.29) is 0 Å². The van der Waals surface area contributed by atoms with E-state index < -0.39 is 0 Å². The molecule has 14 nitrogen and oxygen atoms in total. The molecule has 0 saturated heterocycles. The molecule has 4 heterocycles. The minimum absolute atomic E-state index is 0.393. The van der Waals surface area contributed by atoms with Crippen LogP contribution in [-0.2, 0) is 78.9 Å². The van der Waals surface area contributed by atoms with Gasteiger partial charge in [-0.25, -0.2) is 0 Å². The van der Waals surface area contributed by atoms with E-state index >= 15 is 0 Å². The predicted molar refractivity (Wildman–Crippen MR) is 341 cm³/mol. The summed E-state index contributed by atoms with van der Waals surface area (Å²) in [6.45, 7) is 16.7. The van der Waals surface area contributed by atoms with Crippen LogP contribution < -0.4 is 60.3 Å². The van der Waals surface area contributed by atoms with Gasteiger partial charge in [0.15, 0.2) is 0 Å². The molecule has 0 aromatic heterocycles. The van der Waals surface area contributed by atoms with Gasteiger partial charge in [-0.15, -0.1) is 0 Å². The van der Waals surface area contributed by atoms with E-state index in [1.54, 1.807) is 0 Å². The van der Waals surface area contributed by atoms with Crippen LogP contribution in [0.4, 0.5) is 0 Å². The fraction of sp³-hybridized carbons (Fsp3) is 0.333. The van der Waals surface area contributed by atoms with Gasteiger partial charge in [-0.2, -0.15) is 0 Å². The van der Waals surface area contributed by atoms with E-state index in [0.717, 1.165) is 180 Å². The highest BCUT2D eigenvalue weighted by Gasteiger charge is 2.16. The molecule has 4 aliphatic rings. The second-order valence-corrected chi connectivity index (χ2v) is 22.4. The molecular weight excluding hydrogens is 1070 g/mol. The third kappa shape index (κ3) is 18.1. The van der Waals surface area contributed by atoms with Crippen LogP contribution in [0.5, 0.6) is 34.5 Å². The molecule has 0 fully saturated rings. The van der Waals surface area contributed by atoms with Gasteiger partial charge in [-0.3, -0.25) is 9.80 Å². The molecule has 12 rings (SSSR count). The van der Waals surface area contributed by atoms with Crippen LogP contribution in [0, 0.1) is 0 Å². The number of hydrogen-bond donors (Lipinski definition) is 6. The van der Waals surface area contributed by atoms with E-state index in [4.69, 9.17) is 28.4 Å². The Balaban J connectivity index is 0.869. The average Bonchev–Trinajstić information content (AvgIpc) is 3.59. The van der Waals surface area contributed by atoms with Crippen LogP contribution in [0.1, 0.15) is 66.8 Å². The van der Waals surface area contributed by atoms with Crippen LogP contribution in [0.3, 0.4) is 0 Å². The molecule has 448 valence electrons. The largest absolute Gasteiger partial charge is 0.489 e. The summed E-state index contributed by atoms with van der Waals surface area (Å²) < 4.78 is 40.1. The Bertz CT molecular complexity index is 3020. The van der Waals surface area contributed by atoms with Gasteiger partial charge in [0.25, 0.3) is 0 Å². The number of fused-ring (bicyclic) bond motifs is 18. The van der Waals surface area contributed by atoms with Crippen molar-refractivity contribution in [1.29, 1.82) is 0 Å². The molecule has 0 saturated carbocycles. The number of hydrogen-bond acceptors (Lipinski definition) is 14. The molecule has 0 amide bonds. The summed E-state index contributed by atoms with van der Waals surface area (Å²) in [7, 11) is 0. The lowest BCUT2D eigenvalue weighted by molar-refractivity contribution is 0.267. The van der Waals surface area contributed by atoms with Gasteiger partial charge in [-0.05, 0) is 106 Å². The molecule has 0 unspecified atom stereocenters. The first-order valence-corrected chi connectivity index (χ1v) is 30.8. The van der Waals surface area contributed by atoms with Crippen molar-refractivity contribution < 1.29 is 28.4 Å². The summed E-state index contributed by atoms with van der Waals surface area (Å²) in [5.41, 5.74) is 13.0. The van der Waals surface area contributed by atoms with Gasteiger partial charge in [-0.1, -0.05) is 109 Å². The third-order valence-electron chi connectivity index (χ3n) is 15.9. The summed E-state index contributed by atoms with van der Waals surface area (Å²) in [5, 5.41) is 22.5. The lowest BCUT2D eigenvalue weighted by Gasteiger charge is -2.24.